The number of rotatable bonds is 2. The summed E-state index contributed by atoms with van der Waals surface area (Å²) >= 11 is 0. The fourth-order valence-corrected chi connectivity index (χ4v) is 0.302. The van der Waals surface area contributed by atoms with Gasteiger partial charge in [-0.15, -0.1) is 0 Å². The molecule has 44 valence electrons. The molecule has 0 aliphatic rings. The monoisotopic (exact) mass is 124 g/mol. The summed E-state index contributed by atoms with van der Waals surface area (Å²) in [5, 5.41) is 0. The lowest BCUT2D eigenvalue weighted by Gasteiger charge is -2.00. The molecular weight excluding hydrogens is 115 g/mol. The fraction of sp³-hybridized carbons (Fsp3) is 1.00. The van der Waals surface area contributed by atoms with Gasteiger partial charge >= 0.3 is 0 Å². The quantitative estimate of drug-likeness (QED) is 0.543. The predicted molar refractivity (Wildman–Crippen MR) is 27.7 cm³/mol. The van der Waals surface area contributed by atoms with E-state index in [0.717, 1.165) is 0 Å². The maximum absolute atomic E-state index is 9.99. The van der Waals surface area contributed by atoms with Gasteiger partial charge < -0.3 is 9.63 Å². The molecule has 4 heteroatoms. The minimum atomic E-state index is -2.44. The van der Waals surface area contributed by atoms with Crippen LogP contribution in [0.3, 0.4) is 0 Å². The van der Waals surface area contributed by atoms with E-state index in [1.165, 1.54) is 7.11 Å². The standard InChI is InChI=1S/C3H9O3P/c1-3(6-2)7(4)5/h3,7H,1-2H3,(H,4,5). The second kappa shape index (κ2) is 3.19. The van der Waals surface area contributed by atoms with Crippen molar-refractivity contribution < 1.29 is 14.2 Å². The minimum Gasteiger partial charge on any atom is -0.372 e. The Hall–Kier alpha value is 0.150. The van der Waals surface area contributed by atoms with Gasteiger partial charge in [-0.25, -0.2) is 0 Å². The number of ether oxygens (including phenoxy) is 1. The molecule has 0 radical (unpaired) electrons. The molecule has 0 fully saturated rings. The Morgan fingerprint density at radius 3 is 2.29 bits per heavy atom. The van der Waals surface area contributed by atoms with Crippen molar-refractivity contribution in [2.45, 2.75) is 12.8 Å². The molecule has 0 aromatic carbocycles. The first kappa shape index (κ1) is 7.15. The fourth-order valence-electron chi connectivity index (χ4n) is 0.101. The smallest absolute Gasteiger partial charge is 0.216 e. The molecule has 0 aliphatic carbocycles. The number of hydrogen-bond donors (Lipinski definition) is 1. The Labute approximate surface area is 43.2 Å². The van der Waals surface area contributed by atoms with Crippen molar-refractivity contribution in [3.05, 3.63) is 0 Å². The van der Waals surface area contributed by atoms with E-state index in [2.05, 4.69) is 4.74 Å². The first-order valence-corrected chi connectivity index (χ1v) is 3.37. The van der Waals surface area contributed by atoms with E-state index in [0.29, 0.717) is 0 Å². The maximum Gasteiger partial charge on any atom is 0.216 e. The lowest BCUT2D eigenvalue weighted by Crippen LogP contribution is -1.95. The summed E-state index contributed by atoms with van der Waals surface area (Å²) in [6.45, 7) is 1.56. The van der Waals surface area contributed by atoms with E-state index in [-0.39, 0.29) is 0 Å². The van der Waals surface area contributed by atoms with E-state index >= 15 is 0 Å². The lowest BCUT2D eigenvalue weighted by atomic mass is 10.9. The molecule has 0 aromatic rings. The van der Waals surface area contributed by atoms with Crippen LogP contribution in [0.25, 0.3) is 0 Å². The molecule has 2 unspecified atom stereocenters. The van der Waals surface area contributed by atoms with Gasteiger partial charge in [-0.3, -0.25) is 4.57 Å². The van der Waals surface area contributed by atoms with Crippen LogP contribution in [0.1, 0.15) is 6.92 Å². The van der Waals surface area contributed by atoms with Crippen molar-refractivity contribution in [3.8, 4) is 0 Å². The minimum absolute atomic E-state index is 0.495. The Morgan fingerprint density at radius 1 is 1.86 bits per heavy atom. The van der Waals surface area contributed by atoms with Crippen LogP contribution in [0.4, 0.5) is 0 Å². The number of hydrogen-bond acceptors (Lipinski definition) is 2. The molecule has 1 N–H and O–H groups in total. The lowest BCUT2D eigenvalue weighted by molar-refractivity contribution is 0.171. The summed E-state index contributed by atoms with van der Waals surface area (Å²) in [5.41, 5.74) is 0. The molecule has 0 saturated carbocycles. The summed E-state index contributed by atoms with van der Waals surface area (Å²) in [6, 6.07) is 0. The molecule has 3 nitrogen and oxygen atoms in total. The van der Waals surface area contributed by atoms with Crippen molar-refractivity contribution in [2.75, 3.05) is 7.11 Å². The van der Waals surface area contributed by atoms with Crippen molar-refractivity contribution in [1.82, 2.24) is 0 Å². The van der Waals surface area contributed by atoms with Crippen LogP contribution in [0.15, 0.2) is 0 Å². The molecule has 7 heavy (non-hydrogen) atoms. The largest absolute Gasteiger partial charge is 0.372 e. The Morgan fingerprint density at radius 2 is 2.29 bits per heavy atom. The average Bonchev–Trinajstić information content (AvgIpc) is 1.65. The van der Waals surface area contributed by atoms with E-state index < -0.39 is 13.9 Å². The third-order valence-corrected chi connectivity index (χ3v) is 1.63. The van der Waals surface area contributed by atoms with Crippen LogP contribution in [0.5, 0.6) is 0 Å². The van der Waals surface area contributed by atoms with Gasteiger partial charge in [-0.05, 0) is 6.92 Å². The first-order chi connectivity index (χ1) is 3.18. The average molecular weight is 124 g/mol. The van der Waals surface area contributed by atoms with Crippen LogP contribution in [0.2, 0.25) is 0 Å². The molecule has 0 bridgehead atoms. The number of methoxy groups -OCH3 is 1. The molecule has 2 atom stereocenters. The van der Waals surface area contributed by atoms with Gasteiger partial charge in [0.1, 0.15) is 5.85 Å². The van der Waals surface area contributed by atoms with Gasteiger partial charge in [-0.1, -0.05) is 0 Å². The highest BCUT2D eigenvalue weighted by Crippen LogP contribution is 2.20. The topological polar surface area (TPSA) is 46.5 Å². The highest BCUT2D eigenvalue weighted by molar-refractivity contribution is 7.38. The van der Waals surface area contributed by atoms with E-state index in [1.54, 1.807) is 6.92 Å². The predicted octanol–water partition coefficient (Wildman–Crippen LogP) is 0.446. The van der Waals surface area contributed by atoms with Crippen molar-refractivity contribution in [1.29, 1.82) is 0 Å². The second-order valence-electron chi connectivity index (χ2n) is 1.22. The van der Waals surface area contributed by atoms with Crippen molar-refractivity contribution in [3.63, 3.8) is 0 Å². The van der Waals surface area contributed by atoms with Gasteiger partial charge in [0.15, 0.2) is 0 Å². The maximum atomic E-state index is 9.99. The molecule has 0 spiro atoms. The van der Waals surface area contributed by atoms with Crippen LogP contribution in [0, 0.1) is 0 Å². The SMILES string of the molecule is COC(C)[PH](=O)O. The molecule has 0 heterocycles. The van der Waals surface area contributed by atoms with E-state index in [4.69, 9.17) is 4.89 Å². The van der Waals surface area contributed by atoms with Gasteiger partial charge in [-0.2, -0.15) is 0 Å². The summed E-state index contributed by atoms with van der Waals surface area (Å²) < 4.78 is 14.5. The van der Waals surface area contributed by atoms with Crippen LogP contribution in [-0.2, 0) is 9.30 Å². The second-order valence-corrected chi connectivity index (χ2v) is 2.71. The van der Waals surface area contributed by atoms with Crippen molar-refractivity contribution in [2.24, 2.45) is 0 Å². The highest BCUT2D eigenvalue weighted by Gasteiger charge is 2.02. The van der Waals surface area contributed by atoms with Gasteiger partial charge in [0, 0.05) is 7.11 Å². The van der Waals surface area contributed by atoms with Crippen molar-refractivity contribution >= 4 is 8.03 Å². The normalized spacial score (nSPS) is 18.7. The zero-order valence-electron chi connectivity index (χ0n) is 4.34. The van der Waals surface area contributed by atoms with Crippen LogP contribution in [-0.4, -0.2) is 17.8 Å². The highest BCUT2D eigenvalue weighted by atomic mass is 31.1. The first-order valence-electron chi connectivity index (χ1n) is 1.94. The zero-order chi connectivity index (χ0) is 5.86. The Kier molecular flexibility index (Phi) is 3.26. The molecule has 0 saturated heterocycles. The van der Waals surface area contributed by atoms with Crippen LogP contribution < -0.4 is 0 Å². The van der Waals surface area contributed by atoms with Gasteiger partial charge in [0.25, 0.3) is 0 Å². The summed E-state index contributed by atoms with van der Waals surface area (Å²) in [4.78, 5) is 8.24. The molecule has 0 amide bonds. The van der Waals surface area contributed by atoms with E-state index in [1.807, 2.05) is 0 Å². The zero-order valence-corrected chi connectivity index (χ0v) is 5.34. The summed E-state index contributed by atoms with van der Waals surface area (Å²) in [5.74, 6) is -0.495. The third-order valence-electron chi connectivity index (χ3n) is 0.701. The molecule has 0 rings (SSSR count). The third kappa shape index (κ3) is 2.80. The van der Waals surface area contributed by atoms with Gasteiger partial charge in [0.05, 0.1) is 0 Å². The summed E-state index contributed by atoms with van der Waals surface area (Å²) in [7, 11) is -1.03. The molecule has 0 aromatic heterocycles. The Balaban J connectivity index is 3.34. The molecule has 0 aliphatic heterocycles. The van der Waals surface area contributed by atoms with Crippen LogP contribution >= 0.6 is 8.03 Å². The Bertz CT molecular complexity index is 72.6. The van der Waals surface area contributed by atoms with E-state index in [9.17, 15) is 4.57 Å². The van der Waals surface area contributed by atoms with Gasteiger partial charge in [0.2, 0.25) is 8.03 Å². The molecular formula is C3H9O3P. The summed E-state index contributed by atoms with van der Waals surface area (Å²) in [6.07, 6.45) is 0.